The molecule has 1 aliphatic heterocycles. The zero-order chi connectivity index (χ0) is 11.8. The van der Waals surface area contributed by atoms with Crippen molar-refractivity contribution in [1.82, 2.24) is 9.38 Å². The fourth-order valence-corrected chi connectivity index (χ4v) is 2.46. The number of rotatable bonds is 2. The number of nitrogens with zero attached hydrogens (tertiary/aromatic N) is 3. The molecule has 1 saturated heterocycles. The van der Waals surface area contributed by atoms with Crippen molar-refractivity contribution in [3.05, 3.63) is 30.2 Å². The van der Waals surface area contributed by atoms with Gasteiger partial charge in [0.25, 0.3) is 0 Å². The van der Waals surface area contributed by atoms with E-state index in [1.165, 1.54) is 5.52 Å². The Morgan fingerprint density at radius 3 is 2.84 bits per heavy atom. The summed E-state index contributed by atoms with van der Waals surface area (Å²) in [6, 6.07) is 4.47. The van der Waals surface area contributed by atoms with Gasteiger partial charge in [-0.05, 0) is 25.0 Å². The fraction of sp³-hybridized carbons (Fsp3) is 0.462. The Bertz CT molecular complexity index is 540. The van der Waals surface area contributed by atoms with Crippen LogP contribution in [0.15, 0.2) is 24.5 Å². The third-order valence-electron chi connectivity index (χ3n) is 3.43. The summed E-state index contributed by atoms with van der Waals surface area (Å²) >= 11 is 0. The van der Waals surface area contributed by atoms with Crippen LogP contribution in [0.25, 0.3) is 5.52 Å². The van der Waals surface area contributed by atoms with E-state index in [4.69, 9.17) is 10.7 Å². The first-order valence-electron chi connectivity index (χ1n) is 6.25. The third kappa shape index (κ3) is 2.96. The zero-order valence-corrected chi connectivity index (χ0v) is 12.6. The molecule has 6 heteroatoms. The van der Waals surface area contributed by atoms with E-state index < -0.39 is 0 Å². The molecule has 2 aromatic heterocycles. The van der Waals surface area contributed by atoms with Gasteiger partial charge in [0.05, 0.1) is 11.2 Å². The Morgan fingerprint density at radius 2 is 2.21 bits per heavy atom. The van der Waals surface area contributed by atoms with Crippen LogP contribution in [0.3, 0.4) is 0 Å². The van der Waals surface area contributed by atoms with Crippen LogP contribution in [0, 0.1) is 0 Å². The quantitative estimate of drug-likeness (QED) is 0.926. The van der Waals surface area contributed by atoms with Gasteiger partial charge in [-0.3, -0.25) is 0 Å². The molecule has 0 unspecified atom stereocenters. The van der Waals surface area contributed by atoms with Gasteiger partial charge in [0, 0.05) is 31.5 Å². The van der Waals surface area contributed by atoms with Gasteiger partial charge in [0.1, 0.15) is 0 Å². The summed E-state index contributed by atoms with van der Waals surface area (Å²) in [7, 11) is 0. The van der Waals surface area contributed by atoms with Crippen LogP contribution in [0.5, 0.6) is 0 Å². The fourth-order valence-electron chi connectivity index (χ4n) is 2.46. The minimum Gasteiger partial charge on any atom is -0.353 e. The molecule has 2 N–H and O–H groups in total. The highest BCUT2D eigenvalue weighted by Gasteiger charge is 2.22. The number of hydrogen-bond donors (Lipinski definition) is 1. The van der Waals surface area contributed by atoms with Crippen molar-refractivity contribution in [2.24, 2.45) is 5.73 Å². The standard InChI is InChI=1S/C13H18N4.2ClH/c1-2-11-9-16-6-3-4-12(16)13(15-11)17-7-5-10(14)8-17;;/h3-4,6,9-10H,2,5,7-8,14H2,1H3;2*1H/t10-;;/m0../s1. The van der Waals surface area contributed by atoms with E-state index in [0.717, 1.165) is 37.4 Å². The number of aryl methyl sites for hydroxylation is 1. The SMILES string of the molecule is CCc1cn2cccc2c(N2CC[C@H](N)C2)n1.Cl.Cl. The molecule has 19 heavy (non-hydrogen) atoms. The van der Waals surface area contributed by atoms with Gasteiger partial charge >= 0.3 is 0 Å². The number of aromatic nitrogens is 2. The number of nitrogens with two attached hydrogens (primary N) is 1. The van der Waals surface area contributed by atoms with Crippen molar-refractivity contribution in [3.8, 4) is 0 Å². The molecule has 0 aromatic carbocycles. The average Bonchev–Trinajstić information content (AvgIpc) is 2.95. The second-order valence-electron chi connectivity index (χ2n) is 4.70. The number of hydrogen-bond acceptors (Lipinski definition) is 3. The van der Waals surface area contributed by atoms with Gasteiger partial charge in [-0.1, -0.05) is 6.92 Å². The van der Waals surface area contributed by atoms with Gasteiger partial charge in [-0.15, -0.1) is 24.8 Å². The van der Waals surface area contributed by atoms with Crippen LogP contribution in [0.4, 0.5) is 5.82 Å². The van der Waals surface area contributed by atoms with Crippen LogP contribution in [0.2, 0.25) is 0 Å². The highest BCUT2D eigenvalue weighted by Crippen LogP contribution is 2.24. The molecule has 2 aromatic rings. The summed E-state index contributed by atoms with van der Waals surface area (Å²) < 4.78 is 2.16. The van der Waals surface area contributed by atoms with Crippen LogP contribution >= 0.6 is 24.8 Å². The molecule has 0 bridgehead atoms. The summed E-state index contributed by atoms with van der Waals surface area (Å²) in [6.45, 7) is 4.07. The summed E-state index contributed by atoms with van der Waals surface area (Å²) in [4.78, 5) is 7.06. The first-order chi connectivity index (χ1) is 8.28. The maximum absolute atomic E-state index is 5.98. The van der Waals surface area contributed by atoms with Gasteiger partial charge in [-0.25, -0.2) is 4.98 Å². The highest BCUT2D eigenvalue weighted by molar-refractivity contribution is 5.85. The van der Waals surface area contributed by atoms with Crippen molar-refractivity contribution >= 4 is 36.1 Å². The molecule has 0 spiro atoms. The van der Waals surface area contributed by atoms with Gasteiger partial charge < -0.3 is 15.0 Å². The molecule has 0 saturated carbocycles. The van der Waals surface area contributed by atoms with Gasteiger partial charge in [0.2, 0.25) is 0 Å². The first-order valence-corrected chi connectivity index (χ1v) is 6.25. The molecule has 3 rings (SSSR count). The largest absolute Gasteiger partial charge is 0.353 e. The summed E-state index contributed by atoms with van der Waals surface area (Å²) in [5, 5.41) is 0. The van der Waals surface area contributed by atoms with E-state index in [1.54, 1.807) is 0 Å². The van der Waals surface area contributed by atoms with E-state index in [-0.39, 0.29) is 30.9 Å². The predicted octanol–water partition coefficient (Wildman–Crippen LogP) is 2.28. The third-order valence-corrected chi connectivity index (χ3v) is 3.43. The van der Waals surface area contributed by atoms with Crippen molar-refractivity contribution in [1.29, 1.82) is 0 Å². The highest BCUT2D eigenvalue weighted by atomic mass is 35.5. The Labute approximate surface area is 125 Å². The molecule has 1 atom stereocenters. The molecule has 4 nitrogen and oxygen atoms in total. The van der Waals surface area contributed by atoms with Crippen LogP contribution in [-0.2, 0) is 6.42 Å². The summed E-state index contributed by atoms with van der Waals surface area (Å²) in [6.07, 6.45) is 6.20. The van der Waals surface area contributed by atoms with Crippen LogP contribution in [0.1, 0.15) is 19.0 Å². The lowest BCUT2D eigenvalue weighted by Gasteiger charge is -2.19. The van der Waals surface area contributed by atoms with Gasteiger partial charge in [-0.2, -0.15) is 0 Å². The van der Waals surface area contributed by atoms with E-state index >= 15 is 0 Å². The van der Waals surface area contributed by atoms with Crippen LogP contribution in [-0.4, -0.2) is 28.5 Å². The second-order valence-corrected chi connectivity index (χ2v) is 4.70. The molecular weight excluding hydrogens is 283 g/mol. The van der Waals surface area contributed by atoms with E-state index in [0.29, 0.717) is 0 Å². The maximum atomic E-state index is 5.98. The Balaban J connectivity index is 0.000000902. The monoisotopic (exact) mass is 302 g/mol. The minimum absolute atomic E-state index is 0. The zero-order valence-electron chi connectivity index (χ0n) is 11.0. The minimum atomic E-state index is 0. The smallest absolute Gasteiger partial charge is 0.153 e. The number of anilines is 1. The topological polar surface area (TPSA) is 46.6 Å². The number of halogens is 2. The first kappa shape index (κ1) is 16.1. The molecule has 0 radical (unpaired) electrons. The van der Waals surface area contributed by atoms with Crippen molar-refractivity contribution in [2.75, 3.05) is 18.0 Å². The molecule has 0 amide bonds. The van der Waals surface area contributed by atoms with Crippen molar-refractivity contribution in [2.45, 2.75) is 25.8 Å². The van der Waals surface area contributed by atoms with Crippen molar-refractivity contribution < 1.29 is 0 Å². The lowest BCUT2D eigenvalue weighted by Crippen LogP contribution is -2.27. The summed E-state index contributed by atoms with van der Waals surface area (Å²) in [5.41, 5.74) is 8.28. The Kier molecular flexibility index (Phi) is 5.47. The molecule has 1 aliphatic rings. The van der Waals surface area contributed by atoms with Crippen LogP contribution < -0.4 is 10.6 Å². The second kappa shape index (κ2) is 6.46. The molecule has 0 aliphatic carbocycles. The number of fused-ring (bicyclic) bond motifs is 1. The van der Waals surface area contributed by atoms with E-state index in [1.807, 2.05) is 0 Å². The lowest BCUT2D eigenvalue weighted by atomic mass is 10.3. The summed E-state index contributed by atoms with van der Waals surface area (Å²) in [5.74, 6) is 1.09. The molecule has 106 valence electrons. The van der Waals surface area contributed by atoms with E-state index in [9.17, 15) is 0 Å². The molecule has 3 heterocycles. The average molecular weight is 303 g/mol. The van der Waals surface area contributed by atoms with Gasteiger partial charge in [0.15, 0.2) is 5.82 Å². The van der Waals surface area contributed by atoms with E-state index in [2.05, 4.69) is 40.8 Å². The Hall–Kier alpha value is -0.970. The predicted molar refractivity (Wildman–Crippen MR) is 83.9 cm³/mol. The molecular formula is C13H20Cl2N4. The Morgan fingerprint density at radius 1 is 1.42 bits per heavy atom. The normalized spacial score (nSPS) is 18.2. The maximum Gasteiger partial charge on any atom is 0.153 e. The lowest BCUT2D eigenvalue weighted by molar-refractivity contribution is 0.751. The molecule has 1 fully saturated rings. The van der Waals surface area contributed by atoms with Crippen molar-refractivity contribution in [3.63, 3.8) is 0 Å².